The number of hydrogen-bond donors (Lipinski definition) is 1. The third-order valence-electron chi connectivity index (χ3n) is 3.38. The Kier molecular flexibility index (Phi) is 4.86. The van der Waals surface area contributed by atoms with Crippen LogP contribution in [0.1, 0.15) is 23.3 Å². The van der Waals surface area contributed by atoms with E-state index in [0.717, 1.165) is 0 Å². The highest BCUT2D eigenvalue weighted by Gasteiger charge is 2.27. The summed E-state index contributed by atoms with van der Waals surface area (Å²) < 4.78 is 4.93. The van der Waals surface area contributed by atoms with Gasteiger partial charge < -0.3 is 15.4 Å². The van der Waals surface area contributed by atoms with Crippen molar-refractivity contribution in [3.05, 3.63) is 30.1 Å². The minimum atomic E-state index is -0.646. The third-order valence-corrected chi connectivity index (χ3v) is 3.38. The monoisotopic (exact) mass is 291 g/mol. The molecule has 0 bridgehead atoms. The molecule has 7 heteroatoms. The van der Waals surface area contributed by atoms with Crippen molar-refractivity contribution in [3.63, 3.8) is 0 Å². The number of nitrogens with zero attached hydrogens (tertiary/aromatic N) is 2. The summed E-state index contributed by atoms with van der Waals surface area (Å²) in [7, 11) is 0. The van der Waals surface area contributed by atoms with Crippen LogP contribution in [0.25, 0.3) is 0 Å². The van der Waals surface area contributed by atoms with Crippen molar-refractivity contribution in [3.8, 4) is 0 Å². The number of likely N-dealkylation sites (tertiary alicyclic amines) is 1. The molecule has 0 aliphatic carbocycles. The van der Waals surface area contributed by atoms with E-state index in [1.165, 1.54) is 17.2 Å². The molecular weight excluding hydrogens is 274 g/mol. The maximum atomic E-state index is 12.0. The number of carbonyl (C=O) groups excluding carboxylic acids is 3. The van der Waals surface area contributed by atoms with Crippen LogP contribution in [0.2, 0.25) is 0 Å². The highest BCUT2D eigenvalue weighted by Crippen LogP contribution is 2.16. The Morgan fingerprint density at radius 1 is 1.38 bits per heavy atom. The van der Waals surface area contributed by atoms with Crippen molar-refractivity contribution >= 4 is 17.8 Å². The zero-order valence-electron chi connectivity index (χ0n) is 11.5. The summed E-state index contributed by atoms with van der Waals surface area (Å²) >= 11 is 0. The maximum Gasteiger partial charge on any atom is 0.357 e. The lowest BCUT2D eigenvalue weighted by Crippen LogP contribution is -2.45. The molecular formula is C14H17N3O4. The van der Waals surface area contributed by atoms with Crippen molar-refractivity contribution in [1.82, 2.24) is 9.88 Å². The number of amides is 2. The Hall–Kier alpha value is -2.44. The van der Waals surface area contributed by atoms with Gasteiger partial charge >= 0.3 is 5.97 Å². The van der Waals surface area contributed by atoms with Gasteiger partial charge in [-0.15, -0.1) is 0 Å². The van der Waals surface area contributed by atoms with Crippen molar-refractivity contribution < 1.29 is 19.1 Å². The molecule has 0 saturated carbocycles. The normalized spacial score (nSPS) is 18.1. The van der Waals surface area contributed by atoms with Gasteiger partial charge in [0.2, 0.25) is 5.91 Å². The Morgan fingerprint density at radius 2 is 2.19 bits per heavy atom. The maximum absolute atomic E-state index is 12.0. The Bertz CT molecular complexity index is 532. The lowest BCUT2D eigenvalue weighted by atomic mass is 9.97. The lowest BCUT2D eigenvalue weighted by Gasteiger charge is -2.30. The summed E-state index contributed by atoms with van der Waals surface area (Å²) in [5.74, 6) is -1.70. The van der Waals surface area contributed by atoms with Crippen molar-refractivity contribution in [2.75, 3.05) is 19.7 Å². The molecule has 1 aromatic heterocycles. The molecule has 1 fully saturated rings. The van der Waals surface area contributed by atoms with E-state index in [2.05, 4.69) is 4.98 Å². The molecule has 7 nitrogen and oxygen atoms in total. The standard InChI is InChI=1S/C14H17N3O4/c15-13(19)10-4-3-7-17(8-10)12(18)9-21-14(20)11-5-1-2-6-16-11/h1-2,5-6,10H,3-4,7-9H2,(H2,15,19)/t10-/m1/s1. The van der Waals surface area contributed by atoms with Gasteiger partial charge in [0.25, 0.3) is 5.91 Å². The van der Waals surface area contributed by atoms with Crippen LogP contribution in [0, 0.1) is 5.92 Å². The van der Waals surface area contributed by atoms with Crippen LogP contribution in [-0.2, 0) is 14.3 Å². The number of carbonyl (C=O) groups is 3. The fraction of sp³-hybridized carbons (Fsp3) is 0.429. The number of nitrogens with two attached hydrogens (primary N) is 1. The molecule has 1 aliphatic heterocycles. The molecule has 0 unspecified atom stereocenters. The zero-order chi connectivity index (χ0) is 15.2. The predicted molar refractivity (Wildman–Crippen MR) is 73.0 cm³/mol. The van der Waals surface area contributed by atoms with Gasteiger partial charge in [0.1, 0.15) is 5.69 Å². The molecule has 0 spiro atoms. The summed E-state index contributed by atoms with van der Waals surface area (Å²) in [6, 6.07) is 4.85. The van der Waals surface area contributed by atoms with Gasteiger partial charge in [0.05, 0.1) is 5.92 Å². The lowest BCUT2D eigenvalue weighted by molar-refractivity contribution is -0.137. The number of pyridine rings is 1. The van der Waals surface area contributed by atoms with Gasteiger partial charge in [-0.3, -0.25) is 9.59 Å². The molecule has 1 aliphatic rings. The first-order valence-electron chi connectivity index (χ1n) is 6.73. The first-order chi connectivity index (χ1) is 10.1. The van der Waals surface area contributed by atoms with E-state index < -0.39 is 11.9 Å². The van der Waals surface area contributed by atoms with E-state index >= 15 is 0 Å². The minimum Gasteiger partial charge on any atom is -0.451 e. The quantitative estimate of drug-likeness (QED) is 0.784. The number of esters is 1. The topological polar surface area (TPSA) is 103 Å². The second-order valence-corrected chi connectivity index (χ2v) is 4.87. The molecule has 112 valence electrons. The van der Waals surface area contributed by atoms with E-state index in [0.29, 0.717) is 19.4 Å². The average Bonchev–Trinajstić information content (AvgIpc) is 2.53. The number of hydrogen-bond acceptors (Lipinski definition) is 5. The fourth-order valence-electron chi connectivity index (χ4n) is 2.21. The number of piperidine rings is 1. The SMILES string of the molecule is NC(=O)[C@@H]1CCCN(C(=O)COC(=O)c2ccccn2)C1. The number of aromatic nitrogens is 1. The largest absolute Gasteiger partial charge is 0.451 e. The molecule has 2 heterocycles. The summed E-state index contributed by atoms with van der Waals surface area (Å²) in [6.45, 7) is 0.472. The third kappa shape index (κ3) is 4.01. The predicted octanol–water partition coefficient (Wildman–Crippen LogP) is -0.0377. The van der Waals surface area contributed by atoms with E-state index in [9.17, 15) is 14.4 Å². The first-order valence-corrected chi connectivity index (χ1v) is 6.73. The van der Waals surface area contributed by atoms with E-state index in [4.69, 9.17) is 10.5 Å². The molecule has 2 amide bonds. The summed E-state index contributed by atoms with van der Waals surface area (Å²) in [5, 5.41) is 0. The minimum absolute atomic E-state index is 0.152. The molecule has 1 saturated heterocycles. The number of primary amides is 1. The van der Waals surface area contributed by atoms with Crippen LogP contribution in [0.15, 0.2) is 24.4 Å². The summed E-state index contributed by atoms with van der Waals surface area (Å²) in [6.07, 6.45) is 2.88. The average molecular weight is 291 g/mol. The summed E-state index contributed by atoms with van der Waals surface area (Å²) in [5.41, 5.74) is 5.41. The summed E-state index contributed by atoms with van der Waals surface area (Å²) in [4.78, 5) is 40.2. The van der Waals surface area contributed by atoms with E-state index in [-0.39, 0.29) is 30.7 Å². The van der Waals surface area contributed by atoms with Gasteiger partial charge in [0.15, 0.2) is 6.61 Å². The smallest absolute Gasteiger partial charge is 0.357 e. The van der Waals surface area contributed by atoms with Gasteiger partial charge in [-0.05, 0) is 25.0 Å². The number of ether oxygens (including phenoxy) is 1. The Balaban J connectivity index is 1.84. The fourth-order valence-corrected chi connectivity index (χ4v) is 2.21. The van der Waals surface area contributed by atoms with Crippen LogP contribution in [0.4, 0.5) is 0 Å². The van der Waals surface area contributed by atoms with E-state index in [1.807, 2.05) is 0 Å². The van der Waals surface area contributed by atoms with Gasteiger partial charge in [-0.2, -0.15) is 0 Å². The second kappa shape index (κ2) is 6.83. The van der Waals surface area contributed by atoms with Gasteiger partial charge in [-0.25, -0.2) is 9.78 Å². The van der Waals surface area contributed by atoms with Crippen molar-refractivity contribution in [2.45, 2.75) is 12.8 Å². The zero-order valence-corrected chi connectivity index (χ0v) is 11.5. The molecule has 21 heavy (non-hydrogen) atoms. The molecule has 2 rings (SSSR count). The Morgan fingerprint density at radius 3 is 2.86 bits per heavy atom. The molecule has 0 aromatic carbocycles. The number of rotatable bonds is 4. The van der Waals surface area contributed by atoms with Crippen LogP contribution in [0.5, 0.6) is 0 Å². The van der Waals surface area contributed by atoms with Crippen LogP contribution >= 0.6 is 0 Å². The van der Waals surface area contributed by atoms with Gasteiger partial charge in [-0.1, -0.05) is 6.07 Å². The second-order valence-electron chi connectivity index (χ2n) is 4.87. The van der Waals surface area contributed by atoms with Crippen molar-refractivity contribution in [1.29, 1.82) is 0 Å². The molecule has 1 aromatic rings. The van der Waals surface area contributed by atoms with Crippen LogP contribution < -0.4 is 5.73 Å². The first kappa shape index (κ1) is 15.0. The van der Waals surface area contributed by atoms with Crippen molar-refractivity contribution in [2.24, 2.45) is 11.7 Å². The molecule has 0 radical (unpaired) electrons. The van der Waals surface area contributed by atoms with E-state index in [1.54, 1.807) is 12.1 Å². The highest BCUT2D eigenvalue weighted by molar-refractivity contribution is 5.89. The molecule has 2 N–H and O–H groups in total. The highest BCUT2D eigenvalue weighted by atomic mass is 16.5. The van der Waals surface area contributed by atoms with Crippen LogP contribution in [0.3, 0.4) is 0 Å². The van der Waals surface area contributed by atoms with Crippen LogP contribution in [-0.4, -0.2) is 47.4 Å². The Labute approximate surface area is 122 Å². The molecule has 1 atom stereocenters. The van der Waals surface area contributed by atoms with Gasteiger partial charge in [0, 0.05) is 19.3 Å².